The van der Waals surface area contributed by atoms with Gasteiger partial charge in [-0.25, -0.2) is 18.5 Å². The van der Waals surface area contributed by atoms with Gasteiger partial charge >= 0.3 is 16.4 Å². The minimum Gasteiger partial charge on any atom is -0.416 e. The summed E-state index contributed by atoms with van der Waals surface area (Å²) in [6.45, 7) is 17.5. The second-order valence-electron chi connectivity index (χ2n) is 16.2. The highest BCUT2D eigenvalue weighted by Crippen LogP contribution is 2.38. The molecule has 2 aliphatic rings. The van der Waals surface area contributed by atoms with Crippen molar-refractivity contribution >= 4 is 30.0 Å². The van der Waals surface area contributed by atoms with Crippen LogP contribution in [0.15, 0.2) is 36.7 Å². The number of hydrogen-bond acceptors (Lipinski definition) is 9. The molecular weight excluding hydrogens is 738 g/mol. The number of ether oxygens (including phenoxy) is 1. The van der Waals surface area contributed by atoms with Crippen LogP contribution >= 0.6 is 0 Å². The van der Waals surface area contributed by atoms with Gasteiger partial charge < -0.3 is 14.1 Å². The molecule has 12 nitrogen and oxygen atoms in total. The minimum atomic E-state index is -4.51. The number of halogens is 3. The Kier molecular flexibility index (Phi) is 11.4. The molecule has 54 heavy (non-hydrogen) atoms. The zero-order valence-electron chi connectivity index (χ0n) is 32.6. The van der Waals surface area contributed by atoms with Crippen LogP contribution < -0.4 is 4.90 Å². The summed E-state index contributed by atoms with van der Waals surface area (Å²) >= 11 is 0. The summed E-state index contributed by atoms with van der Waals surface area (Å²) in [6, 6.07) is 6.06. The molecule has 4 aromatic rings. The number of imidazole rings is 2. The number of nitrogens with zero attached hydrogens (tertiary/aromatic N) is 8. The maximum absolute atomic E-state index is 14.1. The standard InChI is InChI=1S/C37H53F3N8O4SSi/c1-26-28(12-9-13-30(26)37(38,39)40)21-32-31(24-45-15-10-11-27(23-45)25-52-54(7,8)36(2,3)4)42-35-29(34-41-14-16-47(34)53(49,50)44(5)6)22-33(43-48(32)35)46-17-19-51-20-18-46/h9,12-14,16,22,27H,10-11,15,17-21,23-25H2,1-8H3. The third-order valence-electron chi connectivity index (χ3n) is 11.2. The van der Waals surface area contributed by atoms with E-state index >= 15 is 0 Å². The van der Waals surface area contributed by atoms with Crippen molar-refractivity contribution in [2.45, 2.75) is 77.8 Å². The van der Waals surface area contributed by atoms with Gasteiger partial charge in [-0.15, -0.1) is 5.10 Å². The van der Waals surface area contributed by atoms with Gasteiger partial charge in [0.25, 0.3) is 0 Å². The van der Waals surface area contributed by atoms with Gasteiger partial charge in [0.2, 0.25) is 0 Å². The Balaban J connectivity index is 1.49. The fraction of sp³-hybridized carbons (Fsp3) is 0.595. The Hall–Kier alpha value is -3.35. The number of hydrogen-bond donors (Lipinski definition) is 0. The van der Waals surface area contributed by atoms with E-state index in [1.54, 1.807) is 16.6 Å². The van der Waals surface area contributed by atoms with Crippen molar-refractivity contribution < 1.29 is 30.8 Å². The molecule has 0 radical (unpaired) electrons. The minimum absolute atomic E-state index is 0.0969. The molecule has 5 heterocycles. The average Bonchev–Trinajstić information content (AvgIpc) is 3.73. The second kappa shape index (κ2) is 15.3. The Morgan fingerprint density at radius 1 is 1.09 bits per heavy atom. The van der Waals surface area contributed by atoms with Crippen LogP contribution in [0.2, 0.25) is 18.1 Å². The van der Waals surface area contributed by atoms with Crippen molar-refractivity contribution in [3.8, 4) is 11.4 Å². The van der Waals surface area contributed by atoms with Gasteiger partial charge in [-0.3, -0.25) is 4.90 Å². The van der Waals surface area contributed by atoms with E-state index in [2.05, 4.69) is 48.6 Å². The van der Waals surface area contributed by atoms with E-state index in [0.717, 1.165) is 40.3 Å². The lowest BCUT2D eigenvalue weighted by Crippen LogP contribution is -2.44. The zero-order chi connectivity index (χ0) is 39.2. The highest BCUT2D eigenvalue weighted by molar-refractivity contribution is 7.87. The van der Waals surface area contributed by atoms with Crippen molar-refractivity contribution in [1.29, 1.82) is 0 Å². The SMILES string of the molecule is Cc1c(Cc2c(CN3CCCC(CO[Si](C)(C)C(C)(C)C)C3)nc3c(-c4nccn4S(=O)(=O)N(C)C)cc(N4CCOCC4)nn23)cccc1C(F)(F)F. The third-order valence-corrected chi connectivity index (χ3v) is 17.4. The second-order valence-corrected chi connectivity index (χ2v) is 23.0. The van der Waals surface area contributed by atoms with Crippen molar-refractivity contribution in [1.82, 2.24) is 32.8 Å². The highest BCUT2D eigenvalue weighted by atomic mass is 32.2. The molecule has 0 bridgehead atoms. The van der Waals surface area contributed by atoms with E-state index in [-0.39, 0.29) is 22.8 Å². The molecule has 2 saturated heterocycles. The first kappa shape index (κ1) is 40.3. The molecule has 1 atom stereocenters. The van der Waals surface area contributed by atoms with Crippen LogP contribution in [0.25, 0.3) is 17.0 Å². The van der Waals surface area contributed by atoms with Crippen molar-refractivity contribution in [2.24, 2.45) is 5.92 Å². The number of fused-ring (bicyclic) bond motifs is 1. The molecule has 2 fully saturated rings. The average molecular weight is 791 g/mol. The molecule has 1 aromatic carbocycles. The van der Waals surface area contributed by atoms with Crippen molar-refractivity contribution in [3.63, 3.8) is 0 Å². The number of likely N-dealkylation sites (tertiary alicyclic amines) is 1. The van der Waals surface area contributed by atoms with Crippen LogP contribution in [-0.2, 0) is 38.5 Å². The van der Waals surface area contributed by atoms with E-state index < -0.39 is 30.3 Å². The Morgan fingerprint density at radius 3 is 2.48 bits per heavy atom. The number of alkyl halides is 3. The Bertz CT molecular complexity index is 2070. The van der Waals surface area contributed by atoms with Gasteiger partial charge in [0.1, 0.15) is 0 Å². The summed E-state index contributed by atoms with van der Waals surface area (Å²) in [6.07, 6.45) is 0.462. The zero-order valence-corrected chi connectivity index (χ0v) is 34.4. The first-order valence-corrected chi connectivity index (χ1v) is 22.8. The molecule has 1 unspecified atom stereocenters. The van der Waals surface area contributed by atoms with Crippen molar-refractivity contribution in [2.75, 3.05) is 65.0 Å². The summed E-state index contributed by atoms with van der Waals surface area (Å²) in [5.41, 5.74) is 2.07. The lowest BCUT2D eigenvalue weighted by molar-refractivity contribution is -0.138. The molecular formula is C37H53F3N8O4SSi. The molecule has 17 heteroatoms. The van der Waals surface area contributed by atoms with E-state index in [1.807, 2.05) is 0 Å². The van der Waals surface area contributed by atoms with Crippen LogP contribution in [0.4, 0.5) is 19.0 Å². The fourth-order valence-corrected chi connectivity index (χ4v) is 8.91. The normalized spacial score (nSPS) is 18.3. The fourth-order valence-electron chi connectivity index (χ4n) is 6.90. The summed E-state index contributed by atoms with van der Waals surface area (Å²) in [7, 11) is -3.02. The first-order chi connectivity index (χ1) is 25.3. The maximum atomic E-state index is 14.1. The number of benzene rings is 1. The van der Waals surface area contributed by atoms with Gasteiger partial charge in [0.15, 0.2) is 25.6 Å². The molecule has 0 N–H and O–H groups in total. The summed E-state index contributed by atoms with van der Waals surface area (Å²) in [4.78, 5) is 14.1. The van der Waals surface area contributed by atoms with Gasteiger partial charge in [-0.05, 0) is 73.6 Å². The van der Waals surface area contributed by atoms with Crippen LogP contribution in [-0.4, -0.2) is 110 Å². The number of anilines is 1. The van der Waals surface area contributed by atoms with E-state index in [1.165, 1.54) is 39.5 Å². The Morgan fingerprint density at radius 2 is 1.81 bits per heavy atom. The largest absolute Gasteiger partial charge is 0.416 e. The van der Waals surface area contributed by atoms with Gasteiger partial charge in [-0.2, -0.15) is 25.9 Å². The highest BCUT2D eigenvalue weighted by Gasteiger charge is 2.38. The molecule has 3 aromatic heterocycles. The molecule has 0 saturated carbocycles. The predicted octanol–water partition coefficient (Wildman–Crippen LogP) is 6.24. The van der Waals surface area contributed by atoms with E-state index in [0.29, 0.717) is 79.4 Å². The molecule has 0 aliphatic carbocycles. The molecule has 0 spiro atoms. The summed E-state index contributed by atoms with van der Waals surface area (Å²) < 4.78 is 85.6. The summed E-state index contributed by atoms with van der Waals surface area (Å²) in [5, 5.41) is 5.17. The lowest BCUT2D eigenvalue weighted by Gasteiger charge is -2.39. The van der Waals surface area contributed by atoms with Crippen LogP contribution in [0, 0.1) is 12.8 Å². The van der Waals surface area contributed by atoms with E-state index in [9.17, 15) is 21.6 Å². The number of rotatable bonds is 11. The molecule has 296 valence electrons. The lowest BCUT2D eigenvalue weighted by atomic mass is 9.97. The number of morpholine rings is 1. The Labute approximate surface area is 317 Å². The van der Waals surface area contributed by atoms with Crippen LogP contribution in [0.3, 0.4) is 0 Å². The number of aromatic nitrogens is 5. The molecule has 0 amide bonds. The van der Waals surface area contributed by atoms with Crippen molar-refractivity contribution in [3.05, 3.63) is 64.7 Å². The maximum Gasteiger partial charge on any atom is 0.416 e. The third kappa shape index (κ3) is 8.26. The molecule has 6 rings (SSSR count). The summed E-state index contributed by atoms with van der Waals surface area (Å²) in [5.74, 6) is 1.04. The van der Waals surface area contributed by atoms with E-state index in [4.69, 9.17) is 19.2 Å². The van der Waals surface area contributed by atoms with Crippen LogP contribution in [0.1, 0.15) is 61.7 Å². The quantitative estimate of drug-likeness (QED) is 0.163. The smallest absolute Gasteiger partial charge is 0.416 e. The van der Waals surface area contributed by atoms with Gasteiger partial charge in [0, 0.05) is 65.7 Å². The van der Waals surface area contributed by atoms with Gasteiger partial charge in [0.05, 0.1) is 35.7 Å². The predicted molar refractivity (Wildman–Crippen MR) is 205 cm³/mol. The molecule has 2 aliphatic heterocycles. The topological polar surface area (TPSA) is 110 Å². The monoisotopic (exact) mass is 790 g/mol. The van der Waals surface area contributed by atoms with Gasteiger partial charge in [-0.1, -0.05) is 32.9 Å². The van der Waals surface area contributed by atoms with Crippen LogP contribution in [0.5, 0.6) is 0 Å². The first-order valence-electron chi connectivity index (χ1n) is 18.5. The number of piperidine rings is 1.